The first-order valence-corrected chi connectivity index (χ1v) is 13.7. The molecule has 0 radical (unpaired) electrons. The van der Waals surface area contributed by atoms with Crippen LogP contribution in [0.15, 0.2) is 11.6 Å². The number of fused-ring (bicyclic) bond motifs is 5. The molecule has 31 heavy (non-hydrogen) atoms. The molecule has 2 N–H and O–H groups in total. The number of hydrogen-bond acceptors (Lipinski definition) is 2. The first-order valence-electron chi connectivity index (χ1n) is 13.7. The Morgan fingerprint density at radius 2 is 1.77 bits per heavy atom. The third-order valence-electron chi connectivity index (χ3n) is 11.4. The van der Waals surface area contributed by atoms with Gasteiger partial charge in [-0.3, -0.25) is 0 Å². The Morgan fingerprint density at radius 1 is 1.03 bits per heavy atom. The maximum Gasteiger partial charge on any atom is 0.0577 e. The Bertz CT molecular complexity index is 668. The van der Waals surface area contributed by atoms with Crippen LogP contribution < -0.4 is 0 Å². The lowest BCUT2D eigenvalue weighted by Gasteiger charge is -2.58. The molecule has 0 aromatic rings. The van der Waals surface area contributed by atoms with Gasteiger partial charge in [-0.1, -0.05) is 59.6 Å². The van der Waals surface area contributed by atoms with Gasteiger partial charge in [-0.25, -0.2) is 0 Å². The lowest BCUT2D eigenvalue weighted by Crippen LogP contribution is -2.51. The largest absolute Gasteiger partial charge is 0.393 e. The van der Waals surface area contributed by atoms with Crippen molar-refractivity contribution in [3.8, 4) is 0 Å². The highest BCUT2D eigenvalue weighted by molar-refractivity contribution is 5.25. The zero-order valence-corrected chi connectivity index (χ0v) is 21.2. The second-order valence-electron chi connectivity index (χ2n) is 13.0. The smallest absolute Gasteiger partial charge is 0.0577 e. The number of hydrogen-bond donors (Lipinski definition) is 2. The predicted molar refractivity (Wildman–Crippen MR) is 130 cm³/mol. The molecule has 0 aliphatic heterocycles. The van der Waals surface area contributed by atoms with Gasteiger partial charge in [-0.2, -0.15) is 0 Å². The van der Waals surface area contributed by atoms with Gasteiger partial charge < -0.3 is 10.2 Å². The third kappa shape index (κ3) is 3.96. The van der Waals surface area contributed by atoms with Gasteiger partial charge in [0.15, 0.2) is 0 Å². The van der Waals surface area contributed by atoms with Crippen LogP contribution in [0, 0.1) is 52.3 Å². The molecule has 4 rings (SSSR count). The molecular formula is C29H50O2. The predicted octanol–water partition coefficient (Wildman–Crippen LogP) is 7.00. The van der Waals surface area contributed by atoms with Crippen LogP contribution in [-0.4, -0.2) is 22.4 Å². The van der Waals surface area contributed by atoms with E-state index in [4.69, 9.17) is 0 Å². The van der Waals surface area contributed by atoms with Gasteiger partial charge in [0.25, 0.3) is 0 Å². The minimum Gasteiger partial charge on any atom is -0.393 e. The van der Waals surface area contributed by atoms with Gasteiger partial charge in [0, 0.05) is 0 Å². The summed E-state index contributed by atoms with van der Waals surface area (Å²) < 4.78 is 0. The summed E-state index contributed by atoms with van der Waals surface area (Å²) in [5, 5.41) is 21.5. The van der Waals surface area contributed by atoms with Gasteiger partial charge in [0.1, 0.15) is 0 Å². The van der Waals surface area contributed by atoms with Gasteiger partial charge in [-0.15, -0.1) is 0 Å². The summed E-state index contributed by atoms with van der Waals surface area (Å²) in [6, 6.07) is 0. The molecule has 4 unspecified atom stereocenters. The van der Waals surface area contributed by atoms with Crippen LogP contribution in [0.1, 0.15) is 106 Å². The van der Waals surface area contributed by atoms with E-state index in [1.807, 2.05) is 0 Å². The summed E-state index contributed by atoms with van der Waals surface area (Å²) in [6.07, 6.45) is 14.1. The van der Waals surface area contributed by atoms with E-state index in [0.29, 0.717) is 34.5 Å². The van der Waals surface area contributed by atoms with Crippen LogP contribution in [0.4, 0.5) is 0 Å². The summed E-state index contributed by atoms with van der Waals surface area (Å²) in [6.45, 7) is 14.4. The van der Waals surface area contributed by atoms with E-state index in [-0.39, 0.29) is 12.2 Å². The molecular weight excluding hydrogens is 380 g/mol. The Balaban J connectivity index is 1.50. The maximum absolute atomic E-state index is 11.3. The molecule has 2 nitrogen and oxygen atoms in total. The van der Waals surface area contributed by atoms with Crippen molar-refractivity contribution in [2.45, 2.75) is 118 Å². The molecule has 0 amide bonds. The van der Waals surface area contributed by atoms with E-state index in [1.54, 1.807) is 5.57 Å². The summed E-state index contributed by atoms with van der Waals surface area (Å²) in [7, 11) is 0. The molecule has 0 aromatic heterocycles. The summed E-state index contributed by atoms with van der Waals surface area (Å²) in [5.74, 6) is 4.82. The Hall–Kier alpha value is -0.340. The highest BCUT2D eigenvalue weighted by atomic mass is 16.3. The van der Waals surface area contributed by atoms with E-state index < -0.39 is 0 Å². The molecule has 0 aromatic carbocycles. The molecule has 4 aliphatic rings. The molecule has 178 valence electrons. The topological polar surface area (TPSA) is 40.5 Å². The van der Waals surface area contributed by atoms with E-state index in [2.05, 4.69) is 47.6 Å². The average Bonchev–Trinajstić information content (AvgIpc) is 3.08. The number of rotatable bonds is 6. The SMILES string of the molecule is CCC(CC(O)C(C)[C@H]1CC[C@H]2[C@@H]3CC=C4CC(O)CC[C@]4(C)[C@H]3CC[C@]12C)C(C)C. The van der Waals surface area contributed by atoms with E-state index in [0.717, 1.165) is 37.0 Å². The zero-order chi connectivity index (χ0) is 22.6. The summed E-state index contributed by atoms with van der Waals surface area (Å²) in [5.41, 5.74) is 2.31. The molecule has 0 spiro atoms. The Kier molecular flexibility index (Phi) is 6.75. The number of aliphatic hydroxyl groups excluding tert-OH is 2. The Morgan fingerprint density at radius 3 is 2.45 bits per heavy atom. The lowest BCUT2D eigenvalue weighted by molar-refractivity contribution is -0.0696. The minimum atomic E-state index is -0.152. The van der Waals surface area contributed by atoms with Crippen LogP contribution in [0.3, 0.4) is 0 Å². The third-order valence-corrected chi connectivity index (χ3v) is 11.4. The molecule has 0 heterocycles. The van der Waals surface area contributed by atoms with Crippen molar-refractivity contribution in [1.82, 2.24) is 0 Å². The summed E-state index contributed by atoms with van der Waals surface area (Å²) in [4.78, 5) is 0. The molecule has 3 fully saturated rings. The average molecular weight is 431 g/mol. The highest BCUT2D eigenvalue weighted by Gasteiger charge is 2.59. The molecule has 10 atom stereocenters. The Labute approximate surface area is 192 Å². The molecule has 2 heteroatoms. The van der Waals surface area contributed by atoms with E-state index >= 15 is 0 Å². The fourth-order valence-electron chi connectivity index (χ4n) is 9.25. The first-order chi connectivity index (χ1) is 14.6. The monoisotopic (exact) mass is 430 g/mol. The van der Waals surface area contributed by atoms with E-state index in [1.165, 1.54) is 44.9 Å². The standard InChI is InChI=1S/C29H50O2/c1-7-20(18(2)3)16-27(31)19(4)24-10-11-25-23-9-8-21-17-22(30)12-14-28(21,5)26(23)13-15-29(24,25)6/h8,18-20,22-27,30-31H,7,9-17H2,1-6H3/t19?,20?,22?,23-,24+,25-,26-,27?,28-,29+/m0/s1. The van der Waals surface area contributed by atoms with Crippen molar-refractivity contribution in [1.29, 1.82) is 0 Å². The van der Waals surface area contributed by atoms with Gasteiger partial charge in [0.05, 0.1) is 12.2 Å². The maximum atomic E-state index is 11.3. The highest BCUT2D eigenvalue weighted by Crippen LogP contribution is 2.67. The minimum absolute atomic E-state index is 0.110. The normalized spacial score (nSPS) is 45.3. The van der Waals surface area contributed by atoms with Crippen molar-refractivity contribution in [3.63, 3.8) is 0 Å². The van der Waals surface area contributed by atoms with Crippen molar-refractivity contribution in [2.24, 2.45) is 52.3 Å². The molecule has 4 aliphatic carbocycles. The second kappa shape index (κ2) is 8.79. The number of allylic oxidation sites excluding steroid dienone is 1. The van der Waals surface area contributed by atoms with Gasteiger partial charge in [-0.05, 0) is 110 Å². The number of aliphatic hydroxyl groups is 2. The molecule has 0 saturated heterocycles. The quantitative estimate of drug-likeness (QED) is 0.446. The zero-order valence-electron chi connectivity index (χ0n) is 21.2. The molecule has 0 bridgehead atoms. The first kappa shape index (κ1) is 23.8. The van der Waals surface area contributed by atoms with Crippen LogP contribution >= 0.6 is 0 Å². The van der Waals surface area contributed by atoms with Crippen molar-refractivity contribution in [3.05, 3.63) is 11.6 Å². The van der Waals surface area contributed by atoms with Crippen molar-refractivity contribution < 1.29 is 10.2 Å². The van der Waals surface area contributed by atoms with Crippen molar-refractivity contribution >= 4 is 0 Å². The fraction of sp³-hybridized carbons (Fsp3) is 0.931. The van der Waals surface area contributed by atoms with Crippen molar-refractivity contribution in [2.75, 3.05) is 0 Å². The van der Waals surface area contributed by atoms with Crippen LogP contribution in [0.25, 0.3) is 0 Å². The van der Waals surface area contributed by atoms with E-state index in [9.17, 15) is 10.2 Å². The van der Waals surface area contributed by atoms with Crippen LogP contribution in [0.2, 0.25) is 0 Å². The van der Waals surface area contributed by atoms with Gasteiger partial charge >= 0.3 is 0 Å². The lowest BCUT2D eigenvalue weighted by atomic mass is 9.47. The summed E-state index contributed by atoms with van der Waals surface area (Å²) >= 11 is 0. The second-order valence-corrected chi connectivity index (χ2v) is 13.0. The van der Waals surface area contributed by atoms with Crippen LogP contribution in [-0.2, 0) is 0 Å². The fourth-order valence-corrected chi connectivity index (χ4v) is 9.25. The van der Waals surface area contributed by atoms with Crippen LogP contribution in [0.5, 0.6) is 0 Å². The van der Waals surface area contributed by atoms with Gasteiger partial charge in [0.2, 0.25) is 0 Å². The molecule has 3 saturated carbocycles.